The fourth-order valence-electron chi connectivity index (χ4n) is 5.19. The maximum absolute atomic E-state index is 15.1. The van der Waals surface area contributed by atoms with Crippen LogP contribution in [0.25, 0.3) is 28.2 Å². The highest BCUT2D eigenvalue weighted by Gasteiger charge is 2.47. The van der Waals surface area contributed by atoms with Crippen LogP contribution in [0.5, 0.6) is 11.6 Å². The third-order valence-electron chi connectivity index (χ3n) is 6.60. The Labute approximate surface area is 246 Å². The Hall–Kier alpha value is -2.72. The molecule has 0 bridgehead atoms. The van der Waals surface area contributed by atoms with Crippen LogP contribution in [0.1, 0.15) is 45.4 Å². The van der Waals surface area contributed by atoms with Gasteiger partial charge >= 0.3 is 0 Å². The Morgan fingerprint density at radius 2 is 1.74 bits per heavy atom. The number of pyridine rings is 2. The number of hydrogen-bond donors (Lipinski definition) is 2. The van der Waals surface area contributed by atoms with Crippen molar-refractivity contribution in [1.82, 2.24) is 29.9 Å². The molecule has 0 unspecified atom stereocenters. The monoisotopic (exact) mass is 598 g/mol. The zero-order chi connectivity index (χ0) is 25.8. The van der Waals surface area contributed by atoms with E-state index >= 15 is 4.39 Å². The molecule has 0 spiro atoms. The van der Waals surface area contributed by atoms with Gasteiger partial charge in [0.1, 0.15) is 28.9 Å². The number of aromatic nitrogens is 5. The van der Waals surface area contributed by atoms with Gasteiger partial charge in [0.25, 0.3) is 0 Å². The van der Waals surface area contributed by atoms with Crippen LogP contribution in [0.3, 0.4) is 0 Å². The summed E-state index contributed by atoms with van der Waals surface area (Å²) in [7, 11) is 0. The van der Waals surface area contributed by atoms with Crippen molar-refractivity contribution in [2.24, 2.45) is 0 Å². The van der Waals surface area contributed by atoms with Crippen LogP contribution in [0.2, 0.25) is 0 Å². The van der Waals surface area contributed by atoms with Gasteiger partial charge in [0.15, 0.2) is 6.17 Å². The van der Waals surface area contributed by atoms with Gasteiger partial charge < -0.3 is 19.6 Å². The van der Waals surface area contributed by atoms with E-state index in [2.05, 4.69) is 25.5 Å². The minimum Gasteiger partial charge on any atom is -0.506 e. The molecule has 0 amide bonds. The summed E-state index contributed by atoms with van der Waals surface area (Å²) in [4.78, 5) is 8.98. The van der Waals surface area contributed by atoms with Gasteiger partial charge in [-0.15, -0.1) is 47.4 Å². The number of fused-ring (bicyclic) bond motifs is 1. The molecule has 2 atom stereocenters. The number of nitrogens with zero attached hydrogens (tertiary/aromatic N) is 5. The summed E-state index contributed by atoms with van der Waals surface area (Å²) >= 11 is 0. The lowest BCUT2D eigenvalue weighted by Crippen LogP contribution is -2.66. The molecular formula is C27H34Cl3FN6O2. The first-order chi connectivity index (χ1) is 16.9. The Morgan fingerprint density at radius 3 is 2.38 bits per heavy atom. The summed E-state index contributed by atoms with van der Waals surface area (Å²) in [5, 5.41) is 22.4. The number of hydrogen-bond acceptors (Lipinski definition) is 7. The zero-order valence-electron chi connectivity index (χ0n) is 22.6. The van der Waals surface area contributed by atoms with Gasteiger partial charge in [-0.1, -0.05) is 0 Å². The van der Waals surface area contributed by atoms with Crippen LogP contribution < -0.4 is 10.1 Å². The van der Waals surface area contributed by atoms with Crippen molar-refractivity contribution in [2.75, 3.05) is 0 Å². The Kier molecular flexibility index (Phi) is 9.83. The van der Waals surface area contributed by atoms with Crippen LogP contribution in [-0.2, 0) is 0 Å². The predicted octanol–water partition coefficient (Wildman–Crippen LogP) is 6.08. The van der Waals surface area contributed by atoms with Crippen molar-refractivity contribution in [3.05, 3.63) is 54.1 Å². The van der Waals surface area contributed by atoms with E-state index < -0.39 is 17.8 Å². The summed E-state index contributed by atoms with van der Waals surface area (Å²) in [5.74, 6) is 0.219. The Morgan fingerprint density at radius 1 is 1.03 bits per heavy atom. The van der Waals surface area contributed by atoms with Gasteiger partial charge in [0.2, 0.25) is 5.88 Å². The van der Waals surface area contributed by atoms with Gasteiger partial charge in [0, 0.05) is 53.3 Å². The molecule has 1 fully saturated rings. The first-order valence-electron chi connectivity index (χ1n) is 12.0. The van der Waals surface area contributed by atoms with Gasteiger partial charge in [-0.3, -0.25) is 0 Å². The third kappa shape index (κ3) is 6.54. The molecule has 0 saturated carbocycles. The lowest BCUT2D eigenvalue weighted by atomic mass is 9.79. The molecule has 12 heteroatoms. The second-order valence-corrected chi connectivity index (χ2v) is 10.9. The lowest BCUT2D eigenvalue weighted by molar-refractivity contribution is -0.0281. The standard InChI is InChI=1S/C27H31FN6O2.3ClH/c1-15-9-18(14-34-13-16(2)30-25(15)34)17-10-20(35)23(29-12-17)19-7-8-22(32-31-19)36-21-11-26(3,4)33-27(5,6)24(21)28;;;/h7-10,12-14,21,24,33,35H,11H2,1-6H3;3*1H/t21-,24-;;;/m1.../s1. The molecule has 0 radical (unpaired) electrons. The molecule has 1 aliphatic heterocycles. The molecule has 8 nitrogen and oxygen atoms in total. The summed E-state index contributed by atoms with van der Waals surface area (Å²) in [5.41, 5.74) is 4.25. The SMILES string of the molecule is Cc1cn2cc(-c3cnc(-c4ccc(O[C@@H]5CC(C)(C)NC(C)(C)[C@@H]5F)nn4)c(O)c3)cc(C)c2n1.Cl.Cl.Cl. The summed E-state index contributed by atoms with van der Waals surface area (Å²) < 4.78 is 22.9. The van der Waals surface area contributed by atoms with Gasteiger partial charge in [-0.2, -0.15) is 0 Å². The highest BCUT2D eigenvalue weighted by molar-refractivity contribution is 5.86. The molecular weight excluding hydrogens is 566 g/mol. The first-order valence-corrected chi connectivity index (χ1v) is 12.0. The highest BCUT2D eigenvalue weighted by atomic mass is 35.5. The minimum absolute atomic E-state index is 0. The molecule has 2 N–H and O–H groups in total. The molecule has 0 aromatic carbocycles. The number of aromatic hydroxyl groups is 1. The van der Waals surface area contributed by atoms with Gasteiger partial charge in [0.05, 0.1) is 5.69 Å². The average Bonchev–Trinajstić information content (AvgIpc) is 3.18. The molecule has 5 heterocycles. The highest BCUT2D eigenvalue weighted by Crippen LogP contribution is 2.34. The third-order valence-corrected chi connectivity index (χ3v) is 6.60. The number of alkyl halides is 1. The second-order valence-electron chi connectivity index (χ2n) is 10.9. The normalized spacial score (nSPS) is 19.4. The molecule has 0 aliphatic carbocycles. The smallest absolute Gasteiger partial charge is 0.233 e. The molecule has 5 rings (SSSR count). The molecule has 1 aliphatic rings. The fourth-order valence-corrected chi connectivity index (χ4v) is 5.19. The quantitative estimate of drug-likeness (QED) is 0.294. The van der Waals surface area contributed by atoms with Crippen LogP contribution in [0.15, 0.2) is 42.9 Å². The van der Waals surface area contributed by atoms with E-state index in [1.165, 1.54) is 0 Å². The van der Waals surface area contributed by atoms with Crippen LogP contribution in [0, 0.1) is 13.8 Å². The van der Waals surface area contributed by atoms with Crippen molar-refractivity contribution in [2.45, 2.75) is 71.3 Å². The topological polar surface area (TPSA) is 97.5 Å². The number of piperidine rings is 1. The first kappa shape index (κ1) is 32.5. The fraction of sp³-hybridized carbons (Fsp3) is 0.407. The van der Waals surface area contributed by atoms with Gasteiger partial charge in [-0.25, -0.2) is 14.4 Å². The van der Waals surface area contributed by atoms with E-state index in [1.807, 2.05) is 64.4 Å². The van der Waals surface area contributed by atoms with Crippen LogP contribution in [0.4, 0.5) is 4.39 Å². The van der Waals surface area contributed by atoms with Crippen molar-refractivity contribution in [3.63, 3.8) is 0 Å². The number of halogens is 4. The summed E-state index contributed by atoms with van der Waals surface area (Å²) in [6.07, 6.45) is 4.25. The van der Waals surface area contributed by atoms with Crippen molar-refractivity contribution in [3.8, 4) is 34.1 Å². The van der Waals surface area contributed by atoms with E-state index in [1.54, 1.807) is 24.4 Å². The van der Waals surface area contributed by atoms with Gasteiger partial charge in [-0.05, 0) is 65.3 Å². The van der Waals surface area contributed by atoms with E-state index in [0.717, 1.165) is 28.0 Å². The van der Waals surface area contributed by atoms with Crippen molar-refractivity contribution >= 4 is 42.9 Å². The number of nitrogens with one attached hydrogen (secondary N) is 1. The summed E-state index contributed by atoms with van der Waals surface area (Å²) in [6.45, 7) is 11.7. The molecule has 1 saturated heterocycles. The molecule has 4 aromatic rings. The molecule has 39 heavy (non-hydrogen) atoms. The molecule has 212 valence electrons. The lowest BCUT2D eigenvalue weighted by Gasteiger charge is -2.48. The van der Waals surface area contributed by atoms with Crippen LogP contribution in [-0.4, -0.2) is 53.0 Å². The largest absolute Gasteiger partial charge is 0.506 e. The average molecular weight is 600 g/mol. The predicted molar refractivity (Wildman–Crippen MR) is 158 cm³/mol. The van der Waals surface area contributed by atoms with Crippen LogP contribution >= 0.6 is 37.2 Å². The summed E-state index contributed by atoms with van der Waals surface area (Å²) in [6, 6.07) is 6.97. The number of rotatable bonds is 4. The number of ether oxygens (including phenoxy) is 1. The Balaban J connectivity index is 0.00000178. The Bertz CT molecular complexity index is 1450. The maximum atomic E-state index is 15.1. The number of imidazole rings is 1. The zero-order valence-corrected chi connectivity index (χ0v) is 25.0. The van der Waals surface area contributed by atoms with E-state index in [9.17, 15) is 5.11 Å². The number of aryl methyl sites for hydroxylation is 2. The van der Waals surface area contributed by atoms with Crippen molar-refractivity contribution in [1.29, 1.82) is 0 Å². The molecule has 4 aromatic heterocycles. The minimum atomic E-state index is -1.21. The van der Waals surface area contributed by atoms with E-state index in [-0.39, 0.29) is 54.4 Å². The van der Waals surface area contributed by atoms with E-state index in [0.29, 0.717) is 17.8 Å². The van der Waals surface area contributed by atoms with Crippen molar-refractivity contribution < 1.29 is 14.2 Å². The second kappa shape index (κ2) is 11.8. The maximum Gasteiger partial charge on any atom is 0.233 e. The van der Waals surface area contributed by atoms with E-state index in [4.69, 9.17) is 4.74 Å².